The Hall–Kier alpha value is -1.60. The van der Waals surface area contributed by atoms with E-state index in [0.29, 0.717) is 12.8 Å². The molecule has 8 heteroatoms. The number of rotatable bonds is 5. The smallest absolute Gasteiger partial charge is 0.328 e. The molecule has 108 valence electrons. The topological polar surface area (TPSA) is 61.8 Å². The molecule has 1 aliphatic heterocycles. The molecule has 2 amide bonds. The van der Waals surface area contributed by atoms with Gasteiger partial charge >= 0.3 is 6.18 Å². The van der Waals surface area contributed by atoms with Crippen LogP contribution in [-0.2, 0) is 9.59 Å². The van der Waals surface area contributed by atoms with Crippen molar-refractivity contribution in [3.63, 3.8) is 0 Å². The summed E-state index contributed by atoms with van der Waals surface area (Å²) >= 11 is 0. The fraction of sp³-hybridized carbons (Fsp3) is 0.727. The van der Waals surface area contributed by atoms with Crippen LogP contribution in [0.5, 0.6) is 0 Å². The van der Waals surface area contributed by atoms with Gasteiger partial charge in [0, 0.05) is 19.4 Å². The zero-order chi connectivity index (χ0) is 14.5. The van der Waals surface area contributed by atoms with Gasteiger partial charge in [-0.25, -0.2) is 5.43 Å². The maximum Gasteiger partial charge on any atom is 0.406 e. The first-order valence-corrected chi connectivity index (χ1v) is 6.05. The van der Waals surface area contributed by atoms with Crippen molar-refractivity contribution in [3.8, 4) is 0 Å². The number of nitrogens with one attached hydrogen (secondary N) is 1. The maximum atomic E-state index is 12.4. The summed E-state index contributed by atoms with van der Waals surface area (Å²) < 4.78 is 37.3. The Morgan fingerprint density at radius 3 is 2.58 bits per heavy atom. The SMILES string of the molecule is CCCCN(CC(F)(F)F)C(=O)C1=NNC(=O)CC1. The van der Waals surface area contributed by atoms with Gasteiger partial charge in [-0.15, -0.1) is 0 Å². The Labute approximate surface area is 108 Å². The number of alkyl halides is 3. The van der Waals surface area contributed by atoms with Crippen LogP contribution in [0.2, 0.25) is 0 Å². The summed E-state index contributed by atoms with van der Waals surface area (Å²) in [6.45, 7) is 0.565. The molecule has 0 unspecified atom stereocenters. The molecule has 0 aromatic carbocycles. The highest BCUT2D eigenvalue weighted by molar-refractivity contribution is 6.39. The van der Waals surface area contributed by atoms with Crippen LogP contribution in [0.15, 0.2) is 5.10 Å². The van der Waals surface area contributed by atoms with Crippen molar-refractivity contribution in [1.29, 1.82) is 0 Å². The van der Waals surface area contributed by atoms with Gasteiger partial charge in [-0.2, -0.15) is 18.3 Å². The van der Waals surface area contributed by atoms with E-state index in [1.54, 1.807) is 0 Å². The second-order valence-corrected chi connectivity index (χ2v) is 4.29. The predicted octanol–water partition coefficient (Wildman–Crippen LogP) is 1.44. The normalized spacial score (nSPS) is 15.8. The van der Waals surface area contributed by atoms with E-state index in [1.807, 2.05) is 6.92 Å². The van der Waals surface area contributed by atoms with E-state index < -0.39 is 18.6 Å². The van der Waals surface area contributed by atoms with Crippen molar-refractivity contribution < 1.29 is 22.8 Å². The van der Waals surface area contributed by atoms with E-state index >= 15 is 0 Å². The summed E-state index contributed by atoms with van der Waals surface area (Å²) in [7, 11) is 0. The molecular weight excluding hydrogens is 263 g/mol. The molecule has 0 spiro atoms. The molecule has 0 saturated carbocycles. The van der Waals surface area contributed by atoms with Crippen molar-refractivity contribution in [2.45, 2.75) is 38.8 Å². The molecular formula is C11H16F3N3O2. The predicted molar refractivity (Wildman–Crippen MR) is 62.4 cm³/mol. The van der Waals surface area contributed by atoms with Crippen molar-refractivity contribution in [2.75, 3.05) is 13.1 Å². The minimum absolute atomic E-state index is 0.0278. The molecule has 1 rings (SSSR count). The second kappa shape index (κ2) is 6.53. The number of unbranched alkanes of at least 4 members (excludes halogenated alkanes) is 1. The fourth-order valence-electron chi connectivity index (χ4n) is 1.63. The molecule has 0 aromatic heterocycles. The molecule has 0 saturated heterocycles. The highest BCUT2D eigenvalue weighted by atomic mass is 19.4. The standard InChI is InChI=1S/C11H16F3N3O2/c1-2-3-6-17(7-11(12,13)14)10(19)8-4-5-9(18)16-15-8/h2-7H2,1H3,(H,16,18). The van der Waals surface area contributed by atoms with E-state index in [4.69, 9.17) is 0 Å². The minimum atomic E-state index is -4.44. The average molecular weight is 279 g/mol. The quantitative estimate of drug-likeness (QED) is 0.827. The van der Waals surface area contributed by atoms with Crippen molar-refractivity contribution in [3.05, 3.63) is 0 Å². The lowest BCUT2D eigenvalue weighted by atomic mass is 10.1. The number of carbonyl (C=O) groups is 2. The first kappa shape index (κ1) is 15.5. The van der Waals surface area contributed by atoms with Gasteiger partial charge in [0.15, 0.2) is 0 Å². The lowest BCUT2D eigenvalue weighted by molar-refractivity contribution is -0.157. The van der Waals surface area contributed by atoms with Gasteiger partial charge in [-0.05, 0) is 6.42 Å². The van der Waals surface area contributed by atoms with Gasteiger partial charge in [0.25, 0.3) is 5.91 Å². The van der Waals surface area contributed by atoms with Crippen LogP contribution in [-0.4, -0.2) is 41.7 Å². The molecule has 0 radical (unpaired) electrons. The summed E-state index contributed by atoms with van der Waals surface area (Å²) in [5.41, 5.74) is 2.08. The number of carbonyl (C=O) groups excluding carboxylic acids is 2. The van der Waals surface area contributed by atoms with Gasteiger partial charge in [-0.1, -0.05) is 13.3 Å². The van der Waals surface area contributed by atoms with Crippen LogP contribution in [0.25, 0.3) is 0 Å². The molecule has 0 fully saturated rings. The Kier molecular flexibility index (Phi) is 5.31. The van der Waals surface area contributed by atoms with Crippen LogP contribution in [0, 0.1) is 0 Å². The van der Waals surface area contributed by atoms with Crippen LogP contribution >= 0.6 is 0 Å². The molecule has 1 heterocycles. The summed E-state index contributed by atoms with van der Waals surface area (Å²) in [6.07, 6.45) is -3.13. The van der Waals surface area contributed by atoms with Crippen molar-refractivity contribution >= 4 is 17.5 Å². The summed E-state index contributed by atoms with van der Waals surface area (Å²) in [4.78, 5) is 23.5. The second-order valence-electron chi connectivity index (χ2n) is 4.29. The molecule has 0 bridgehead atoms. The molecule has 5 nitrogen and oxygen atoms in total. The molecule has 0 aromatic rings. The van der Waals surface area contributed by atoms with E-state index in [2.05, 4.69) is 10.5 Å². The van der Waals surface area contributed by atoms with E-state index in [-0.39, 0.29) is 31.0 Å². The van der Waals surface area contributed by atoms with Crippen LogP contribution in [0.4, 0.5) is 13.2 Å². The molecule has 1 aliphatic rings. The first-order valence-electron chi connectivity index (χ1n) is 6.05. The summed E-state index contributed by atoms with van der Waals surface area (Å²) in [5, 5.41) is 3.53. The van der Waals surface area contributed by atoms with Gasteiger partial charge in [0.2, 0.25) is 5.91 Å². The molecule has 1 N–H and O–H groups in total. The number of hydrogen-bond donors (Lipinski definition) is 1. The first-order chi connectivity index (χ1) is 8.83. The van der Waals surface area contributed by atoms with E-state index in [0.717, 1.165) is 4.90 Å². The highest BCUT2D eigenvalue weighted by Gasteiger charge is 2.34. The van der Waals surface area contributed by atoms with Crippen LogP contribution in [0.3, 0.4) is 0 Å². The number of halogens is 3. The number of amides is 2. The largest absolute Gasteiger partial charge is 0.406 e. The monoisotopic (exact) mass is 279 g/mol. The third-order valence-electron chi connectivity index (χ3n) is 2.59. The third-order valence-corrected chi connectivity index (χ3v) is 2.59. The highest BCUT2D eigenvalue weighted by Crippen LogP contribution is 2.18. The zero-order valence-electron chi connectivity index (χ0n) is 10.6. The Morgan fingerprint density at radius 1 is 1.42 bits per heavy atom. The number of hydrazone groups is 1. The fourth-order valence-corrected chi connectivity index (χ4v) is 1.63. The lowest BCUT2D eigenvalue weighted by Gasteiger charge is -2.25. The van der Waals surface area contributed by atoms with Crippen molar-refractivity contribution in [2.24, 2.45) is 5.10 Å². The number of hydrogen-bond acceptors (Lipinski definition) is 3. The minimum Gasteiger partial charge on any atom is -0.328 e. The Bertz CT molecular complexity index is 380. The van der Waals surface area contributed by atoms with Gasteiger partial charge in [-0.3, -0.25) is 9.59 Å². The van der Waals surface area contributed by atoms with Gasteiger partial charge < -0.3 is 4.90 Å². The summed E-state index contributed by atoms with van der Waals surface area (Å²) in [5.74, 6) is -1.10. The molecule has 0 aliphatic carbocycles. The van der Waals surface area contributed by atoms with Crippen molar-refractivity contribution in [1.82, 2.24) is 10.3 Å². The van der Waals surface area contributed by atoms with Crippen LogP contribution in [0.1, 0.15) is 32.6 Å². The lowest BCUT2D eigenvalue weighted by Crippen LogP contribution is -2.44. The van der Waals surface area contributed by atoms with Gasteiger partial charge in [0.1, 0.15) is 12.3 Å². The zero-order valence-corrected chi connectivity index (χ0v) is 10.6. The van der Waals surface area contributed by atoms with Gasteiger partial charge in [0.05, 0.1) is 0 Å². The third kappa shape index (κ3) is 5.27. The number of nitrogens with zero attached hydrogens (tertiary/aromatic N) is 2. The Morgan fingerprint density at radius 2 is 2.11 bits per heavy atom. The summed E-state index contributed by atoms with van der Waals surface area (Å²) in [6, 6.07) is 0. The van der Waals surface area contributed by atoms with Crippen LogP contribution < -0.4 is 5.43 Å². The van der Waals surface area contributed by atoms with E-state index in [1.165, 1.54) is 0 Å². The average Bonchev–Trinajstić information content (AvgIpc) is 2.33. The molecule has 19 heavy (non-hydrogen) atoms. The Balaban J connectivity index is 2.73. The van der Waals surface area contributed by atoms with E-state index in [9.17, 15) is 22.8 Å². The maximum absolute atomic E-state index is 12.4. The molecule has 0 atom stereocenters.